The van der Waals surface area contributed by atoms with E-state index in [9.17, 15) is 9.90 Å². The zero-order chi connectivity index (χ0) is 11.1. The highest BCUT2D eigenvalue weighted by atomic mass is 16.3. The topological polar surface area (TPSA) is 52.6 Å². The summed E-state index contributed by atoms with van der Waals surface area (Å²) in [6, 6.07) is -0.169. The maximum atomic E-state index is 12.2. The number of carbonyl (C=O) groups is 1. The van der Waals surface area contributed by atoms with Gasteiger partial charge in [-0.1, -0.05) is 0 Å². The average Bonchev–Trinajstić information content (AvgIpc) is 2.70. The highest BCUT2D eigenvalue weighted by Gasteiger charge is 2.40. The summed E-state index contributed by atoms with van der Waals surface area (Å²) in [5.41, 5.74) is -0.00763. The number of aliphatic hydroxyl groups excluding tert-OH is 1. The maximum Gasteiger partial charge on any atom is 0.240 e. The number of likely N-dealkylation sites (tertiary alicyclic amines) is 1. The van der Waals surface area contributed by atoms with Crippen LogP contribution in [0.2, 0.25) is 0 Å². The van der Waals surface area contributed by atoms with Crippen LogP contribution in [0.1, 0.15) is 33.1 Å². The molecule has 0 aromatic rings. The molecule has 2 heterocycles. The molecule has 15 heavy (non-hydrogen) atoms. The van der Waals surface area contributed by atoms with Crippen LogP contribution in [0, 0.1) is 0 Å². The maximum absolute atomic E-state index is 12.2. The number of amides is 1. The highest BCUT2D eigenvalue weighted by molar-refractivity contribution is 5.83. The first-order valence-corrected chi connectivity index (χ1v) is 5.73. The van der Waals surface area contributed by atoms with E-state index >= 15 is 0 Å². The molecular formula is C11H20N2O2. The smallest absolute Gasteiger partial charge is 0.240 e. The second kappa shape index (κ2) is 3.76. The summed E-state index contributed by atoms with van der Waals surface area (Å²) in [5, 5.41) is 12.5. The highest BCUT2D eigenvalue weighted by Crippen LogP contribution is 2.29. The van der Waals surface area contributed by atoms with Gasteiger partial charge in [-0.15, -0.1) is 0 Å². The lowest BCUT2D eigenvalue weighted by atomic mass is 10.0. The molecule has 0 bridgehead atoms. The lowest BCUT2D eigenvalue weighted by Crippen LogP contribution is -2.50. The van der Waals surface area contributed by atoms with Crippen LogP contribution < -0.4 is 5.32 Å². The summed E-state index contributed by atoms with van der Waals surface area (Å²) < 4.78 is 0. The summed E-state index contributed by atoms with van der Waals surface area (Å²) in [6.45, 7) is 5.64. The summed E-state index contributed by atoms with van der Waals surface area (Å²) in [4.78, 5) is 14.1. The minimum absolute atomic E-state index is 0.00763. The van der Waals surface area contributed by atoms with Crippen LogP contribution >= 0.6 is 0 Å². The van der Waals surface area contributed by atoms with E-state index in [0.29, 0.717) is 13.0 Å². The summed E-state index contributed by atoms with van der Waals surface area (Å²) in [6.07, 6.45) is 2.37. The van der Waals surface area contributed by atoms with Crippen molar-refractivity contribution >= 4 is 5.91 Å². The van der Waals surface area contributed by atoms with Gasteiger partial charge in [0.1, 0.15) is 0 Å². The van der Waals surface area contributed by atoms with E-state index in [1.54, 1.807) is 0 Å². The molecule has 0 aliphatic carbocycles. The summed E-state index contributed by atoms with van der Waals surface area (Å²) >= 11 is 0. The third-order valence-corrected chi connectivity index (χ3v) is 3.57. The predicted octanol–water partition coefficient (Wildman–Crippen LogP) is 0.110. The molecule has 2 aliphatic rings. The van der Waals surface area contributed by atoms with E-state index in [4.69, 9.17) is 0 Å². The first-order chi connectivity index (χ1) is 7.00. The molecule has 2 aliphatic heterocycles. The van der Waals surface area contributed by atoms with Crippen molar-refractivity contribution in [3.05, 3.63) is 0 Å². The van der Waals surface area contributed by atoms with Gasteiger partial charge in [-0.2, -0.15) is 0 Å². The largest absolute Gasteiger partial charge is 0.392 e. The van der Waals surface area contributed by atoms with E-state index in [2.05, 4.69) is 19.2 Å². The first kappa shape index (κ1) is 10.9. The Morgan fingerprint density at radius 2 is 2.27 bits per heavy atom. The number of carbonyl (C=O) groups excluding carboxylic acids is 1. The standard InChI is InChI=1S/C11H20N2O2/c1-11(2)4-3-5-13(11)10(15)9-6-8(14)7-12-9/h8-9,12,14H,3-7H2,1-2H3. The van der Waals surface area contributed by atoms with Gasteiger partial charge in [-0.3, -0.25) is 4.79 Å². The van der Waals surface area contributed by atoms with E-state index in [1.165, 1.54) is 0 Å². The minimum atomic E-state index is -0.357. The van der Waals surface area contributed by atoms with Gasteiger partial charge in [0.2, 0.25) is 5.91 Å². The zero-order valence-corrected chi connectivity index (χ0v) is 9.49. The number of nitrogens with zero attached hydrogens (tertiary/aromatic N) is 1. The van der Waals surface area contributed by atoms with Crippen molar-refractivity contribution in [3.63, 3.8) is 0 Å². The Labute approximate surface area is 90.6 Å². The Balaban J connectivity index is 2.02. The Bertz CT molecular complexity index is 265. The van der Waals surface area contributed by atoms with Crippen LogP contribution in [0.4, 0.5) is 0 Å². The van der Waals surface area contributed by atoms with E-state index in [1.807, 2.05) is 4.90 Å². The van der Waals surface area contributed by atoms with Crippen molar-refractivity contribution in [3.8, 4) is 0 Å². The zero-order valence-electron chi connectivity index (χ0n) is 9.49. The molecule has 1 amide bonds. The van der Waals surface area contributed by atoms with Gasteiger partial charge in [0.05, 0.1) is 12.1 Å². The van der Waals surface area contributed by atoms with Crippen LogP contribution in [0.15, 0.2) is 0 Å². The van der Waals surface area contributed by atoms with Crippen molar-refractivity contribution in [1.82, 2.24) is 10.2 Å². The van der Waals surface area contributed by atoms with Gasteiger partial charge < -0.3 is 15.3 Å². The average molecular weight is 212 g/mol. The fraction of sp³-hybridized carbons (Fsp3) is 0.909. The Morgan fingerprint density at radius 1 is 1.53 bits per heavy atom. The number of hydrogen-bond acceptors (Lipinski definition) is 3. The molecule has 0 saturated carbocycles. The van der Waals surface area contributed by atoms with Crippen LogP contribution in [0.3, 0.4) is 0 Å². The third kappa shape index (κ3) is 2.01. The van der Waals surface area contributed by atoms with Crippen molar-refractivity contribution in [2.75, 3.05) is 13.1 Å². The number of rotatable bonds is 1. The van der Waals surface area contributed by atoms with Gasteiger partial charge in [-0.25, -0.2) is 0 Å². The molecule has 0 radical (unpaired) electrons. The van der Waals surface area contributed by atoms with Gasteiger partial charge in [0.25, 0.3) is 0 Å². The molecule has 2 saturated heterocycles. The van der Waals surface area contributed by atoms with Crippen molar-refractivity contribution in [2.24, 2.45) is 0 Å². The lowest BCUT2D eigenvalue weighted by Gasteiger charge is -2.33. The quantitative estimate of drug-likeness (QED) is 0.648. The molecule has 0 aromatic heterocycles. The van der Waals surface area contributed by atoms with Crippen LogP contribution in [0.25, 0.3) is 0 Å². The molecule has 4 nitrogen and oxygen atoms in total. The summed E-state index contributed by atoms with van der Waals surface area (Å²) in [5.74, 6) is 0.161. The van der Waals surface area contributed by atoms with Crippen LogP contribution in [-0.2, 0) is 4.79 Å². The lowest BCUT2D eigenvalue weighted by molar-refractivity contribution is -0.136. The van der Waals surface area contributed by atoms with E-state index in [-0.39, 0.29) is 23.6 Å². The fourth-order valence-electron chi connectivity index (χ4n) is 2.61. The van der Waals surface area contributed by atoms with Gasteiger partial charge in [-0.05, 0) is 33.1 Å². The first-order valence-electron chi connectivity index (χ1n) is 5.73. The second-order valence-corrected chi connectivity index (χ2v) is 5.26. The molecule has 4 heteroatoms. The minimum Gasteiger partial charge on any atom is -0.392 e. The Morgan fingerprint density at radius 3 is 2.73 bits per heavy atom. The number of β-amino-alcohol motifs (C(OH)–C–C–N with tert-alkyl or cyclic N) is 1. The molecule has 0 spiro atoms. The summed E-state index contributed by atoms with van der Waals surface area (Å²) in [7, 11) is 0. The molecule has 2 fully saturated rings. The van der Waals surface area contributed by atoms with Crippen LogP contribution in [-0.4, -0.2) is 46.7 Å². The Hall–Kier alpha value is -0.610. The molecule has 86 valence electrons. The molecular weight excluding hydrogens is 192 g/mol. The SMILES string of the molecule is CC1(C)CCCN1C(=O)C1CC(O)CN1. The molecule has 2 rings (SSSR count). The molecule has 2 N–H and O–H groups in total. The van der Waals surface area contributed by atoms with Crippen molar-refractivity contribution < 1.29 is 9.90 Å². The second-order valence-electron chi connectivity index (χ2n) is 5.26. The van der Waals surface area contributed by atoms with Crippen molar-refractivity contribution in [2.45, 2.75) is 50.8 Å². The number of nitrogens with one attached hydrogen (secondary N) is 1. The molecule has 0 aromatic carbocycles. The van der Waals surface area contributed by atoms with Crippen LogP contribution in [0.5, 0.6) is 0 Å². The van der Waals surface area contributed by atoms with Gasteiger partial charge >= 0.3 is 0 Å². The number of hydrogen-bond donors (Lipinski definition) is 2. The normalized spacial score (nSPS) is 34.7. The Kier molecular flexibility index (Phi) is 2.73. The fourth-order valence-corrected chi connectivity index (χ4v) is 2.61. The monoisotopic (exact) mass is 212 g/mol. The van der Waals surface area contributed by atoms with Gasteiger partial charge in [0, 0.05) is 18.6 Å². The molecule has 2 atom stereocenters. The van der Waals surface area contributed by atoms with Crippen molar-refractivity contribution in [1.29, 1.82) is 0 Å². The number of aliphatic hydroxyl groups is 1. The van der Waals surface area contributed by atoms with Gasteiger partial charge in [0.15, 0.2) is 0 Å². The van der Waals surface area contributed by atoms with E-state index in [0.717, 1.165) is 19.4 Å². The van der Waals surface area contributed by atoms with E-state index < -0.39 is 0 Å². The molecule has 2 unspecified atom stereocenters. The predicted molar refractivity (Wildman–Crippen MR) is 57.4 cm³/mol. The third-order valence-electron chi connectivity index (χ3n) is 3.57.